The molecule has 1 aromatic heterocycles. The number of nitrogens with two attached hydrogens (primary N) is 1. The van der Waals surface area contributed by atoms with E-state index < -0.39 is 0 Å². The maximum atomic E-state index is 12.1. The van der Waals surface area contributed by atoms with Crippen LogP contribution in [0.15, 0.2) is 28.9 Å². The predicted molar refractivity (Wildman–Crippen MR) is 78.9 cm³/mol. The van der Waals surface area contributed by atoms with Gasteiger partial charge >= 0.3 is 0 Å². The number of anilines is 2. The largest absolute Gasteiger partial charge is 0.378 e. The van der Waals surface area contributed by atoms with Crippen molar-refractivity contribution >= 4 is 17.4 Å². The Morgan fingerprint density at radius 1 is 1.29 bits per heavy atom. The van der Waals surface area contributed by atoms with Crippen molar-refractivity contribution in [3.05, 3.63) is 35.4 Å². The number of benzene rings is 1. The molecule has 1 saturated carbocycles. The van der Waals surface area contributed by atoms with E-state index in [9.17, 15) is 4.79 Å². The highest BCUT2D eigenvalue weighted by Gasteiger charge is 2.29. The van der Waals surface area contributed by atoms with Crippen molar-refractivity contribution < 1.29 is 9.42 Å². The summed E-state index contributed by atoms with van der Waals surface area (Å²) in [6.07, 6.45) is 1.94. The van der Waals surface area contributed by atoms with Crippen LogP contribution in [0.25, 0.3) is 0 Å². The van der Waals surface area contributed by atoms with Crippen LogP contribution < -0.4 is 11.1 Å². The number of aryl methyl sites for hydroxylation is 1. The molecule has 0 radical (unpaired) electrons. The SMILES string of the molecule is Cc1ccccc1[C@@H]1CC(=O)C[C@H](Nc2nonc2N)C1. The number of nitrogens with zero attached hydrogens (tertiary/aromatic N) is 2. The van der Waals surface area contributed by atoms with Crippen LogP contribution in [0.2, 0.25) is 0 Å². The van der Waals surface area contributed by atoms with Crippen LogP contribution in [0.1, 0.15) is 36.3 Å². The molecular weight excluding hydrogens is 268 g/mol. The summed E-state index contributed by atoms with van der Waals surface area (Å²) < 4.78 is 4.57. The molecule has 0 amide bonds. The summed E-state index contributed by atoms with van der Waals surface area (Å²) in [6, 6.07) is 8.22. The molecule has 2 atom stereocenters. The van der Waals surface area contributed by atoms with Gasteiger partial charge in [-0.25, -0.2) is 4.63 Å². The monoisotopic (exact) mass is 286 g/mol. The lowest BCUT2D eigenvalue weighted by molar-refractivity contribution is -0.120. The van der Waals surface area contributed by atoms with E-state index in [1.54, 1.807) is 0 Å². The first-order chi connectivity index (χ1) is 10.1. The third-order valence-corrected chi connectivity index (χ3v) is 4.00. The van der Waals surface area contributed by atoms with Crippen molar-refractivity contribution in [2.45, 2.75) is 38.1 Å². The normalized spacial score (nSPS) is 22.2. The summed E-state index contributed by atoms with van der Waals surface area (Å²) >= 11 is 0. The molecule has 1 heterocycles. The molecule has 6 heteroatoms. The first-order valence-electron chi connectivity index (χ1n) is 7.05. The molecule has 21 heavy (non-hydrogen) atoms. The zero-order valence-corrected chi connectivity index (χ0v) is 11.9. The molecule has 0 unspecified atom stereocenters. The summed E-state index contributed by atoms with van der Waals surface area (Å²) in [5, 5.41) is 10.4. The van der Waals surface area contributed by atoms with Gasteiger partial charge in [-0.2, -0.15) is 0 Å². The number of aromatic nitrogens is 2. The minimum Gasteiger partial charge on any atom is -0.378 e. The van der Waals surface area contributed by atoms with E-state index in [4.69, 9.17) is 5.73 Å². The van der Waals surface area contributed by atoms with Crippen molar-refractivity contribution in [1.82, 2.24) is 10.3 Å². The second kappa shape index (κ2) is 5.55. The zero-order chi connectivity index (χ0) is 14.8. The molecule has 2 aromatic rings. The van der Waals surface area contributed by atoms with Gasteiger partial charge in [0.05, 0.1) is 0 Å². The number of nitrogen functional groups attached to an aromatic ring is 1. The molecule has 0 saturated heterocycles. The van der Waals surface area contributed by atoms with Crippen molar-refractivity contribution in [2.24, 2.45) is 0 Å². The molecule has 0 aliphatic heterocycles. The standard InChI is InChI=1S/C15H18N4O2/c1-9-4-2-3-5-13(9)10-6-11(8-12(20)7-10)17-15-14(16)18-21-19-15/h2-5,10-11H,6-8H2,1H3,(H2,16,18)(H,17,19)/t10-,11+/m0/s1. The lowest BCUT2D eigenvalue weighted by Gasteiger charge is -2.29. The third kappa shape index (κ3) is 2.89. The molecule has 110 valence electrons. The number of hydrogen-bond donors (Lipinski definition) is 2. The Hall–Kier alpha value is -2.37. The summed E-state index contributed by atoms with van der Waals surface area (Å²) in [4.78, 5) is 12.1. The van der Waals surface area contributed by atoms with Gasteiger partial charge < -0.3 is 11.1 Å². The number of nitrogens with one attached hydrogen (secondary N) is 1. The summed E-state index contributed by atoms with van der Waals surface area (Å²) in [6.45, 7) is 2.08. The molecule has 0 bridgehead atoms. The molecule has 6 nitrogen and oxygen atoms in total. The van der Waals surface area contributed by atoms with Gasteiger partial charge in [0.2, 0.25) is 11.6 Å². The zero-order valence-electron chi connectivity index (χ0n) is 11.9. The van der Waals surface area contributed by atoms with E-state index >= 15 is 0 Å². The van der Waals surface area contributed by atoms with E-state index in [1.165, 1.54) is 11.1 Å². The van der Waals surface area contributed by atoms with E-state index in [0.29, 0.717) is 18.7 Å². The molecule has 3 N–H and O–H groups in total. The van der Waals surface area contributed by atoms with Gasteiger partial charge in [-0.05, 0) is 40.7 Å². The highest BCUT2D eigenvalue weighted by molar-refractivity contribution is 5.81. The van der Waals surface area contributed by atoms with E-state index in [2.05, 4.69) is 39.3 Å². The van der Waals surface area contributed by atoms with Crippen molar-refractivity contribution in [3.63, 3.8) is 0 Å². The van der Waals surface area contributed by atoms with Gasteiger partial charge in [0.25, 0.3) is 0 Å². The first-order valence-corrected chi connectivity index (χ1v) is 7.05. The molecular formula is C15H18N4O2. The molecule has 1 aliphatic rings. The Morgan fingerprint density at radius 2 is 2.10 bits per heavy atom. The fourth-order valence-electron chi connectivity index (χ4n) is 3.02. The third-order valence-electron chi connectivity index (χ3n) is 4.00. The number of rotatable bonds is 3. The summed E-state index contributed by atoms with van der Waals surface area (Å²) in [5.41, 5.74) is 8.11. The van der Waals surface area contributed by atoms with Crippen molar-refractivity contribution in [3.8, 4) is 0 Å². The maximum Gasteiger partial charge on any atom is 0.215 e. The van der Waals surface area contributed by atoms with E-state index in [1.807, 2.05) is 12.1 Å². The molecule has 0 spiro atoms. The quantitative estimate of drug-likeness (QED) is 0.899. The number of carbonyl (C=O) groups is 1. The average Bonchev–Trinajstić information content (AvgIpc) is 2.84. The Morgan fingerprint density at radius 3 is 2.81 bits per heavy atom. The first kappa shape index (κ1) is 13.6. The highest BCUT2D eigenvalue weighted by atomic mass is 16.6. The number of hydrogen-bond acceptors (Lipinski definition) is 6. The maximum absolute atomic E-state index is 12.1. The van der Waals surface area contributed by atoms with Crippen LogP contribution in [0.3, 0.4) is 0 Å². The predicted octanol–water partition coefficient (Wildman–Crippen LogP) is 2.28. The fraction of sp³-hybridized carbons (Fsp3) is 0.400. The second-order valence-electron chi connectivity index (χ2n) is 5.58. The Kier molecular flexibility index (Phi) is 3.60. The summed E-state index contributed by atoms with van der Waals surface area (Å²) in [7, 11) is 0. The minimum atomic E-state index is 0.00468. The smallest absolute Gasteiger partial charge is 0.215 e. The number of ketones is 1. The fourth-order valence-corrected chi connectivity index (χ4v) is 3.02. The van der Waals surface area contributed by atoms with Gasteiger partial charge in [-0.1, -0.05) is 24.3 Å². The van der Waals surface area contributed by atoms with E-state index in [0.717, 1.165) is 6.42 Å². The topological polar surface area (TPSA) is 94.0 Å². The van der Waals surface area contributed by atoms with Crippen LogP contribution in [-0.2, 0) is 4.79 Å². The van der Waals surface area contributed by atoms with Crippen molar-refractivity contribution in [1.29, 1.82) is 0 Å². The van der Waals surface area contributed by atoms with Gasteiger partial charge in [-0.3, -0.25) is 4.79 Å². The number of Topliss-reactive ketones (excluding diaryl/α,β-unsaturated/α-hetero) is 1. The van der Waals surface area contributed by atoms with Crippen LogP contribution in [-0.4, -0.2) is 22.1 Å². The molecule has 1 aliphatic carbocycles. The average molecular weight is 286 g/mol. The summed E-state index contributed by atoms with van der Waals surface area (Å²) in [5.74, 6) is 1.12. The Balaban J connectivity index is 1.77. The highest BCUT2D eigenvalue weighted by Crippen LogP contribution is 2.34. The van der Waals surface area contributed by atoms with Crippen LogP contribution in [0.5, 0.6) is 0 Å². The van der Waals surface area contributed by atoms with Gasteiger partial charge in [0.1, 0.15) is 5.78 Å². The second-order valence-corrected chi connectivity index (χ2v) is 5.58. The molecule has 1 fully saturated rings. The van der Waals surface area contributed by atoms with Gasteiger partial charge in [0.15, 0.2) is 0 Å². The minimum absolute atomic E-state index is 0.00468. The number of carbonyl (C=O) groups excluding carboxylic acids is 1. The van der Waals surface area contributed by atoms with Gasteiger partial charge in [-0.15, -0.1) is 0 Å². The van der Waals surface area contributed by atoms with E-state index in [-0.39, 0.29) is 23.6 Å². The van der Waals surface area contributed by atoms with Crippen LogP contribution in [0.4, 0.5) is 11.6 Å². The lowest BCUT2D eigenvalue weighted by atomic mass is 9.79. The van der Waals surface area contributed by atoms with Gasteiger partial charge in [0, 0.05) is 18.9 Å². The Labute approximate surface area is 122 Å². The van der Waals surface area contributed by atoms with Crippen molar-refractivity contribution in [2.75, 3.05) is 11.1 Å². The Bertz CT molecular complexity index is 653. The molecule has 1 aromatic carbocycles. The molecule has 3 rings (SSSR count). The van der Waals surface area contributed by atoms with Crippen LogP contribution >= 0.6 is 0 Å². The van der Waals surface area contributed by atoms with Crippen LogP contribution in [0, 0.1) is 6.92 Å². The lowest BCUT2D eigenvalue weighted by Crippen LogP contribution is -2.32.